The van der Waals surface area contributed by atoms with Crippen LogP contribution in [0.2, 0.25) is 0 Å². The minimum Gasteiger partial charge on any atom is -0.351 e. The van der Waals surface area contributed by atoms with E-state index < -0.39 is 0 Å². The zero-order chi connectivity index (χ0) is 20.8. The number of carbonyl (C=O) groups is 1. The van der Waals surface area contributed by atoms with Crippen LogP contribution in [0.4, 0.5) is 11.5 Å². The Balaban J connectivity index is 1.58. The number of nitrogens with zero attached hydrogens (tertiary/aromatic N) is 6. The number of hydrogen-bond donors (Lipinski definition) is 0. The average molecular weight is 441 g/mol. The number of rotatable bonds is 3. The van der Waals surface area contributed by atoms with E-state index in [0.717, 1.165) is 47.8 Å². The van der Waals surface area contributed by atoms with Crippen molar-refractivity contribution in [3.8, 4) is 10.6 Å². The number of amides is 1. The molecule has 1 amide bonds. The van der Waals surface area contributed by atoms with Crippen molar-refractivity contribution in [2.45, 2.75) is 24.0 Å². The molecule has 0 aliphatic carbocycles. The van der Waals surface area contributed by atoms with Crippen LogP contribution in [0.1, 0.15) is 23.2 Å². The SMILES string of the molecule is CSc1ncc2c(n1)N1CCCC1CN(c1cccc(-c3nn(C)c(=O)s3)c1)C2=O. The molecular weight excluding hydrogens is 420 g/mol. The largest absolute Gasteiger partial charge is 0.351 e. The number of carbonyl (C=O) groups excluding carboxylic acids is 1. The zero-order valence-corrected chi connectivity index (χ0v) is 18.2. The highest BCUT2D eigenvalue weighted by molar-refractivity contribution is 7.98. The third kappa shape index (κ3) is 3.20. The molecule has 154 valence electrons. The van der Waals surface area contributed by atoms with Crippen molar-refractivity contribution in [1.82, 2.24) is 19.7 Å². The van der Waals surface area contributed by atoms with E-state index in [1.807, 2.05) is 35.4 Å². The van der Waals surface area contributed by atoms with Gasteiger partial charge in [-0.1, -0.05) is 35.2 Å². The van der Waals surface area contributed by atoms with Gasteiger partial charge in [0.1, 0.15) is 16.4 Å². The quantitative estimate of drug-likeness (QED) is 0.457. The van der Waals surface area contributed by atoms with Crippen LogP contribution in [0.15, 0.2) is 40.4 Å². The van der Waals surface area contributed by atoms with E-state index in [1.54, 1.807) is 13.2 Å². The van der Waals surface area contributed by atoms with Crippen molar-refractivity contribution >= 4 is 40.5 Å². The van der Waals surface area contributed by atoms with Gasteiger partial charge in [0.2, 0.25) is 0 Å². The summed E-state index contributed by atoms with van der Waals surface area (Å²) in [6, 6.07) is 7.88. The molecule has 0 spiro atoms. The lowest BCUT2D eigenvalue weighted by Crippen LogP contribution is -2.39. The highest BCUT2D eigenvalue weighted by Gasteiger charge is 2.37. The Morgan fingerprint density at radius 3 is 2.90 bits per heavy atom. The van der Waals surface area contributed by atoms with Crippen molar-refractivity contribution in [3.05, 3.63) is 45.7 Å². The summed E-state index contributed by atoms with van der Waals surface area (Å²) in [4.78, 5) is 38.3. The summed E-state index contributed by atoms with van der Waals surface area (Å²) in [7, 11) is 1.64. The second-order valence-electron chi connectivity index (χ2n) is 7.35. The third-order valence-electron chi connectivity index (χ3n) is 5.54. The Morgan fingerprint density at radius 1 is 1.27 bits per heavy atom. The lowest BCUT2D eigenvalue weighted by atomic mass is 10.1. The number of anilines is 2. The van der Waals surface area contributed by atoms with E-state index in [4.69, 9.17) is 0 Å². The Kier molecular flexibility index (Phi) is 4.82. The number of aryl methyl sites for hydroxylation is 1. The molecular formula is C20H20N6O2S2. The number of hydrogen-bond acceptors (Lipinski definition) is 8. The van der Waals surface area contributed by atoms with Gasteiger partial charge >= 0.3 is 4.87 Å². The first kappa shape index (κ1) is 19.3. The highest BCUT2D eigenvalue weighted by Crippen LogP contribution is 2.35. The number of thioether (sulfide) groups is 1. The first-order chi connectivity index (χ1) is 14.5. The maximum Gasteiger partial charge on any atom is 0.325 e. The molecule has 2 aliphatic rings. The molecule has 30 heavy (non-hydrogen) atoms. The topological polar surface area (TPSA) is 84.2 Å². The molecule has 1 aromatic carbocycles. The van der Waals surface area contributed by atoms with E-state index in [-0.39, 0.29) is 16.8 Å². The van der Waals surface area contributed by atoms with Crippen LogP contribution in [0.5, 0.6) is 0 Å². The molecule has 1 unspecified atom stereocenters. The molecule has 0 saturated carbocycles. The summed E-state index contributed by atoms with van der Waals surface area (Å²) < 4.78 is 1.33. The lowest BCUT2D eigenvalue weighted by molar-refractivity contribution is 0.0988. The molecule has 0 N–H and O–H groups in total. The van der Waals surface area contributed by atoms with Gasteiger partial charge in [-0.2, -0.15) is 5.10 Å². The Hall–Kier alpha value is -2.72. The van der Waals surface area contributed by atoms with E-state index in [0.29, 0.717) is 22.3 Å². The first-order valence-corrected chi connectivity index (χ1v) is 11.7. The fraction of sp³-hybridized carbons (Fsp3) is 0.350. The molecule has 0 bridgehead atoms. The molecule has 1 fully saturated rings. The normalized spacial score (nSPS) is 18.3. The highest BCUT2D eigenvalue weighted by atomic mass is 32.2. The number of aromatic nitrogens is 4. The average Bonchev–Trinajstić information content (AvgIpc) is 3.34. The van der Waals surface area contributed by atoms with Gasteiger partial charge in [-0.15, -0.1) is 0 Å². The molecule has 2 aliphatic heterocycles. The minimum absolute atomic E-state index is 0.0987. The molecule has 2 aromatic heterocycles. The zero-order valence-electron chi connectivity index (χ0n) is 16.6. The summed E-state index contributed by atoms with van der Waals surface area (Å²) in [6.07, 6.45) is 5.68. The summed E-state index contributed by atoms with van der Waals surface area (Å²) in [5.74, 6) is 0.641. The monoisotopic (exact) mass is 440 g/mol. The standard InChI is InChI=1S/C20H20N6O2S2/c1-24-20(28)30-17(23-24)12-5-3-6-13(9-12)26-11-14-7-4-8-25(14)16-15(18(26)27)10-21-19(22-16)29-2/h3,5-6,9-10,14H,4,7-8,11H2,1-2H3. The molecule has 4 heterocycles. The van der Waals surface area contributed by atoms with Crippen LogP contribution in [0, 0.1) is 0 Å². The summed E-state index contributed by atoms with van der Waals surface area (Å²) in [5.41, 5.74) is 2.14. The Labute approximate surface area is 181 Å². The molecule has 0 radical (unpaired) electrons. The van der Waals surface area contributed by atoms with Gasteiger partial charge in [0.05, 0.1) is 0 Å². The number of benzene rings is 1. The van der Waals surface area contributed by atoms with E-state index in [1.165, 1.54) is 16.4 Å². The van der Waals surface area contributed by atoms with E-state index >= 15 is 0 Å². The third-order valence-corrected chi connectivity index (χ3v) is 7.05. The van der Waals surface area contributed by atoms with E-state index in [2.05, 4.69) is 20.0 Å². The van der Waals surface area contributed by atoms with Crippen molar-refractivity contribution in [3.63, 3.8) is 0 Å². The van der Waals surface area contributed by atoms with Crippen LogP contribution in [0.3, 0.4) is 0 Å². The fourth-order valence-electron chi connectivity index (χ4n) is 4.06. The maximum absolute atomic E-state index is 13.5. The Bertz CT molecular complexity index is 1190. The summed E-state index contributed by atoms with van der Waals surface area (Å²) in [5, 5.41) is 5.62. The summed E-state index contributed by atoms with van der Waals surface area (Å²) >= 11 is 2.57. The van der Waals surface area contributed by atoms with Crippen LogP contribution < -0.4 is 14.7 Å². The van der Waals surface area contributed by atoms with Gasteiger partial charge in [-0.05, 0) is 31.2 Å². The number of fused-ring (bicyclic) bond motifs is 3. The maximum atomic E-state index is 13.5. The predicted molar refractivity (Wildman–Crippen MR) is 119 cm³/mol. The van der Waals surface area contributed by atoms with Crippen molar-refractivity contribution in [2.24, 2.45) is 7.05 Å². The van der Waals surface area contributed by atoms with Gasteiger partial charge < -0.3 is 9.80 Å². The molecule has 10 heteroatoms. The van der Waals surface area contributed by atoms with Crippen molar-refractivity contribution < 1.29 is 4.79 Å². The van der Waals surface area contributed by atoms with Gasteiger partial charge in [-0.3, -0.25) is 9.59 Å². The Morgan fingerprint density at radius 2 is 2.13 bits per heavy atom. The van der Waals surface area contributed by atoms with Gasteiger partial charge in [0.15, 0.2) is 5.16 Å². The molecule has 1 atom stereocenters. The minimum atomic E-state index is -0.112. The van der Waals surface area contributed by atoms with Gasteiger partial charge in [-0.25, -0.2) is 14.6 Å². The molecule has 8 nitrogen and oxygen atoms in total. The first-order valence-electron chi connectivity index (χ1n) is 9.69. The van der Waals surface area contributed by atoms with Crippen molar-refractivity contribution in [1.29, 1.82) is 0 Å². The van der Waals surface area contributed by atoms with E-state index in [9.17, 15) is 9.59 Å². The second-order valence-corrected chi connectivity index (χ2v) is 9.06. The summed E-state index contributed by atoms with van der Waals surface area (Å²) in [6.45, 7) is 1.48. The smallest absolute Gasteiger partial charge is 0.325 e. The van der Waals surface area contributed by atoms with Crippen LogP contribution in [-0.4, -0.2) is 51.0 Å². The molecule has 3 aromatic rings. The van der Waals surface area contributed by atoms with Crippen LogP contribution in [-0.2, 0) is 7.05 Å². The second kappa shape index (κ2) is 7.51. The fourth-order valence-corrected chi connectivity index (χ4v) is 5.14. The lowest BCUT2D eigenvalue weighted by Gasteiger charge is -2.27. The van der Waals surface area contributed by atoms with Crippen molar-refractivity contribution in [2.75, 3.05) is 29.1 Å². The molecule has 5 rings (SSSR count). The molecule has 1 saturated heterocycles. The van der Waals surface area contributed by atoms with Crippen LogP contribution in [0.25, 0.3) is 10.6 Å². The van der Waals surface area contributed by atoms with Crippen LogP contribution >= 0.6 is 23.1 Å². The van der Waals surface area contributed by atoms with Gasteiger partial charge in [0, 0.05) is 43.6 Å². The predicted octanol–water partition coefficient (Wildman–Crippen LogP) is 2.65. The van der Waals surface area contributed by atoms with Gasteiger partial charge in [0.25, 0.3) is 5.91 Å².